The molecule has 1 aliphatic heterocycles. The molecule has 140 valence electrons. The summed E-state index contributed by atoms with van der Waals surface area (Å²) in [6.07, 6.45) is 4.91. The molecule has 1 fully saturated rings. The molecule has 1 saturated heterocycles. The van der Waals surface area contributed by atoms with Crippen LogP contribution in [0.1, 0.15) is 33.6 Å². The zero-order chi connectivity index (χ0) is 18.2. The lowest BCUT2D eigenvalue weighted by atomic mass is 10.0. The summed E-state index contributed by atoms with van der Waals surface area (Å²) in [6, 6.07) is 1.52. The summed E-state index contributed by atoms with van der Waals surface area (Å²) in [5.41, 5.74) is 0. The van der Waals surface area contributed by atoms with Crippen LogP contribution in [0.4, 0.5) is 0 Å². The number of hydrogen-bond acceptors (Lipinski definition) is 4. The van der Waals surface area contributed by atoms with Gasteiger partial charge < -0.3 is 10.2 Å². The molecule has 0 bridgehead atoms. The number of carbonyl (C=O) groups excluding carboxylic acids is 2. The van der Waals surface area contributed by atoms with Gasteiger partial charge in [0.25, 0.3) is 0 Å². The maximum Gasteiger partial charge on any atom is 0.237 e. The molecule has 7 heteroatoms. The third-order valence-electron chi connectivity index (χ3n) is 4.70. The van der Waals surface area contributed by atoms with E-state index in [0.29, 0.717) is 32.1 Å². The second-order valence-corrected chi connectivity index (χ2v) is 6.97. The zero-order valence-electron chi connectivity index (χ0n) is 15.6. The number of aromatic nitrogens is 2. The SMILES string of the molecule is CCN(CCn1cccn1)C(=O)CC1C(=O)NCCN1CCC(C)C. The third kappa shape index (κ3) is 5.85. The monoisotopic (exact) mass is 349 g/mol. The normalized spacial score (nSPS) is 18.4. The number of hydrogen-bond donors (Lipinski definition) is 1. The van der Waals surface area contributed by atoms with Crippen LogP contribution in [0.5, 0.6) is 0 Å². The first-order valence-electron chi connectivity index (χ1n) is 9.28. The van der Waals surface area contributed by atoms with Gasteiger partial charge in [-0.3, -0.25) is 19.2 Å². The topological polar surface area (TPSA) is 70.5 Å². The molecule has 2 heterocycles. The Morgan fingerprint density at radius 3 is 2.88 bits per heavy atom. The lowest BCUT2D eigenvalue weighted by molar-refractivity contribution is -0.138. The van der Waals surface area contributed by atoms with E-state index >= 15 is 0 Å². The van der Waals surface area contributed by atoms with Gasteiger partial charge in [-0.15, -0.1) is 0 Å². The molecule has 2 rings (SSSR count). The van der Waals surface area contributed by atoms with Gasteiger partial charge in [0.15, 0.2) is 0 Å². The average molecular weight is 349 g/mol. The van der Waals surface area contributed by atoms with Crippen molar-refractivity contribution in [2.24, 2.45) is 5.92 Å². The van der Waals surface area contributed by atoms with Crippen LogP contribution in [0.15, 0.2) is 18.5 Å². The van der Waals surface area contributed by atoms with Crippen LogP contribution < -0.4 is 5.32 Å². The Hall–Kier alpha value is -1.89. The van der Waals surface area contributed by atoms with Crippen molar-refractivity contribution in [2.45, 2.75) is 46.2 Å². The summed E-state index contributed by atoms with van der Waals surface area (Å²) < 4.78 is 1.82. The Bertz CT molecular complexity index is 544. The highest BCUT2D eigenvalue weighted by Crippen LogP contribution is 2.13. The van der Waals surface area contributed by atoms with Crippen LogP contribution in [-0.4, -0.2) is 70.2 Å². The van der Waals surface area contributed by atoms with Gasteiger partial charge in [-0.2, -0.15) is 5.10 Å². The molecule has 0 aromatic carbocycles. The predicted molar refractivity (Wildman–Crippen MR) is 96.9 cm³/mol. The quantitative estimate of drug-likeness (QED) is 0.721. The lowest BCUT2D eigenvalue weighted by Crippen LogP contribution is -2.57. The summed E-state index contributed by atoms with van der Waals surface area (Å²) in [4.78, 5) is 29.0. The Balaban J connectivity index is 1.92. The van der Waals surface area contributed by atoms with Crippen molar-refractivity contribution in [1.29, 1.82) is 0 Å². The minimum atomic E-state index is -0.348. The van der Waals surface area contributed by atoms with Crippen LogP contribution in [0, 0.1) is 5.92 Å². The molecular formula is C18H31N5O2. The van der Waals surface area contributed by atoms with Gasteiger partial charge >= 0.3 is 0 Å². The molecule has 1 aromatic heterocycles. The Labute approximate surface area is 150 Å². The van der Waals surface area contributed by atoms with Crippen LogP contribution >= 0.6 is 0 Å². The van der Waals surface area contributed by atoms with Gasteiger partial charge in [0, 0.05) is 38.6 Å². The Kier molecular flexibility index (Phi) is 7.43. The van der Waals surface area contributed by atoms with Crippen LogP contribution in [-0.2, 0) is 16.1 Å². The van der Waals surface area contributed by atoms with Gasteiger partial charge in [0.2, 0.25) is 11.8 Å². The van der Waals surface area contributed by atoms with Gasteiger partial charge in [0.05, 0.1) is 19.0 Å². The van der Waals surface area contributed by atoms with Crippen molar-refractivity contribution < 1.29 is 9.59 Å². The fraction of sp³-hybridized carbons (Fsp3) is 0.722. The second-order valence-electron chi connectivity index (χ2n) is 6.97. The maximum atomic E-state index is 12.7. The summed E-state index contributed by atoms with van der Waals surface area (Å²) >= 11 is 0. The van der Waals surface area contributed by atoms with E-state index in [0.717, 1.165) is 19.5 Å². The van der Waals surface area contributed by atoms with E-state index < -0.39 is 0 Å². The molecule has 0 saturated carbocycles. The zero-order valence-corrected chi connectivity index (χ0v) is 15.6. The van der Waals surface area contributed by atoms with Crippen molar-refractivity contribution >= 4 is 11.8 Å². The molecular weight excluding hydrogens is 318 g/mol. The highest BCUT2D eigenvalue weighted by atomic mass is 16.2. The van der Waals surface area contributed by atoms with Gasteiger partial charge in [-0.05, 0) is 31.9 Å². The number of nitrogens with zero attached hydrogens (tertiary/aromatic N) is 4. The minimum absolute atomic E-state index is 0.0218. The lowest BCUT2D eigenvalue weighted by Gasteiger charge is -2.36. The summed E-state index contributed by atoms with van der Waals surface area (Å²) in [5.74, 6) is 0.597. The molecule has 1 aromatic rings. The largest absolute Gasteiger partial charge is 0.353 e. The number of likely N-dealkylation sites (N-methyl/N-ethyl adjacent to an activating group) is 1. The van der Waals surface area contributed by atoms with Gasteiger partial charge in [-0.25, -0.2) is 0 Å². The number of piperazine rings is 1. The number of amides is 2. The summed E-state index contributed by atoms with van der Waals surface area (Å²) in [7, 11) is 0. The third-order valence-corrected chi connectivity index (χ3v) is 4.70. The molecule has 2 amide bonds. The molecule has 1 aliphatic rings. The highest BCUT2D eigenvalue weighted by Gasteiger charge is 2.32. The van der Waals surface area contributed by atoms with Crippen molar-refractivity contribution in [1.82, 2.24) is 24.9 Å². The van der Waals surface area contributed by atoms with Crippen LogP contribution in [0.2, 0.25) is 0 Å². The first-order chi connectivity index (χ1) is 12.0. The van der Waals surface area contributed by atoms with Gasteiger partial charge in [-0.1, -0.05) is 13.8 Å². The van der Waals surface area contributed by atoms with E-state index in [1.807, 2.05) is 28.8 Å². The summed E-state index contributed by atoms with van der Waals surface area (Å²) in [6.45, 7) is 10.6. The van der Waals surface area contributed by atoms with E-state index in [4.69, 9.17) is 0 Å². The molecule has 0 spiro atoms. The molecule has 0 radical (unpaired) electrons. The van der Waals surface area contributed by atoms with Crippen molar-refractivity contribution in [2.75, 3.05) is 32.7 Å². The fourth-order valence-electron chi connectivity index (χ4n) is 3.09. The van der Waals surface area contributed by atoms with Gasteiger partial charge in [0.1, 0.15) is 0 Å². The molecule has 7 nitrogen and oxygen atoms in total. The van der Waals surface area contributed by atoms with E-state index in [1.54, 1.807) is 6.20 Å². The van der Waals surface area contributed by atoms with Crippen molar-refractivity contribution in [3.8, 4) is 0 Å². The van der Waals surface area contributed by atoms with E-state index in [9.17, 15) is 9.59 Å². The Morgan fingerprint density at radius 1 is 1.44 bits per heavy atom. The Morgan fingerprint density at radius 2 is 2.24 bits per heavy atom. The van der Waals surface area contributed by atoms with Crippen LogP contribution in [0.3, 0.4) is 0 Å². The smallest absolute Gasteiger partial charge is 0.237 e. The predicted octanol–water partition coefficient (Wildman–Crippen LogP) is 0.968. The standard InChI is InChI=1S/C18H31N5O2/c1-4-21(12-13-23-9-5-7-20-23)17(24)14-16-18(25)19-8-11-22(16)10-6-15(2)3/h5,7,9,15-16H,4,6,8,10-14H2,1-3H3,(H,19,25). The number of nitrogens with one attached hydrogen (secondary N) is 1. The fourth-order valence-corrected chi connectivity index (χ4v) is 3.09. The summed E-state index contributed by atoms with van der Waals surface area (Å²) in [5, 5.41) is 7.07. The van der Waals surface area contributed by atoms with Crippen molar-refractivity contribution in [3.05, 3.63) is 18.5 Å². The maximum absolute atomic E-state index is 12.7. The molecule has 1 atom stereocenters. The van der Waals surface area contributed by atoms with E-state index in [1.165, 1.54) is 0 Å². The van der Waals surface area contributed by atoms with Crippen LogP contribution in [0.25, 0.3) is 0 Å². The minimum Gasteiger partial charge on any atom is -0.353 e. The first-order valence-corrected chi connectivity index (χ1v) is 9.28. The molecule has 25 heavy (non-hydrogen) atoms. The molecule has 0 aliphatic carbocycles. The van der Waals surface area contributed by atoms with Crippen molar-refractivity contribution in [3.63, 3.8) is 0 Å². The molecule has 1 N–H and O–H groups in total. The number of rotatable bonds is 9. The van der Waals surface area contributed by atoms with E-state index in [2.05, 4.69) is 29.2 Å². The number of carbonyl (C=O) groups is 2. The average Bonchev–Trinajstić information content (AvgIpc) is 3.09. The first kappa shape index (κ1) is 19.4. The van der Waals surface area contributed by atoms with E-state index in [-0.39, 0.29) is 24.3 Å². The highest BCUT2D eigenvalue weighted by molar-refractivity contribution is 5.88. The second kappa shape index (κ2) is 9.56. The molecule has 1 unspecified atom stereocenters.